The van der Waals surface area contributed by atoms with Crippen molar-refractivity contribution in [2.45, 2.75) is 6.42 Å². The van der Waals surface area contributed by atoms with Crippen LogP contribution < -0.4 is 0 Å². The molecule has 10 rings (SSSR count). The van der Waals surface area contributed by atoms with Gasteiger partial charge in [0.15, 0.2) is 0 Å². The first kappa shape index (κ1) is 18.4. The highest BCUT2D eigenvalue weighted by molar-refractivity contribution is 6.16. The molecule has 0 aliphatic heterocycles. The zero-order chi connectivity index (χ0) is 44.3. The Hall–Kier alpha value is -6.44. The smallest absolute Gasteiger partial charge is 0.136 e. The SMILES string of the molecule is [2H]c1c([2H])c([2H])c(Cc2c3c([2H])c([2H])c([2H])c([2H])c3c(-c3ccc4cc(-c5ccc6c(c5)oc5ccc(-c7ccccc7)cc56)ccc4c3)c3c([2H])c([2H])c([2H])c([2H])c23)c([2H])c1[2H]. The second-order valence-electron chi connectivity index (χ2n) is 12.3. The summed E-state index contributed by atoms with van der Waals surface area (Å²) in [5, 5.41) is 3.40. The first-order valence-corrected chi connectivity index (χ1v) is 16.2. The van der Waals surface area contributed by atoms with Crippen LogP contribution in [0.1, 0.15) is 28.9 Å². The van der Waals surface area contributed by atoms with Gasteiger partial charge in [-0.2, -0.15) is 0 Å². The Morgan fingerprint density at radius 3 is 1.72 bits per heavy atom. The van der Waals surface area contributed by atoms with E-state index in [-0.39, 0.29) is 38.2 Å². The van der Waals surface area contributed by atoms with Crippen molar-refractivity contribution in [2.24, 2.45) is 0 Å². The van der Waals surface area contributed by atoms with Gasteiger partial charge in [-0.05, 0) is 120 Å². The monoisotopic (exact) mass is 649 g/mol. The number of rotatable bonds is 5. The van der Waals surface area contributed by atoms with Crippen molar-refractivity contribution in [3.63, 3.8) is 0 Å². The van der Waals surface area contributed by atoms with Crippen LogP contribution in [0.5, 0.6) is 0 Å². The third-order valence-electron chi connectivity index (χ3n) is 9.42. The summed E-state index contributed by atoms with van der Waals surface area (Å²) >= 11 is 0. The van der Waals surface area contributed by atoms with Crippen molar-refractivity contribution in [1.82, 2.24) is 0 Å². The largest absolute Gasteiger partial charge is 0.456 e. The molecule has 10 aromatic rings. The van der Waals surface area contributed by atoms with Gasteiger partial charge in [-0.15, -0.1) is 0 Å². The van der Waals surface area contributed by atoms with Crippen molar-refractivity contribution in [3.8, 4) is 33.4 Å². The van der Waals surface area contributed by atoms with Gasteiger partial charge in [-0.25, -0.2) is 0 Å². The molecule has 234 valence electrons. The van der Waals surface area contributed by atoms with E-state index in [0.717, 1.165) is 55.0 Å². The summed E-state index contributed by atoms with van der Waals surface area (Å²) in [5.74, 6) is 0. The lowest BCUT2D eigenvalue weighted by molar-refractivity contribution is 0.669. The fraction of sp³-hybridized carbons (Fsp3) is 0.0204. The van der Waals surface area contributed by atoms with Gasteiger partial charge in [-0.1, -0.05) is 145 Å². The minimum absolute atomic E-state index is 0.00947. The predicted molar refractivity (Wildman–Crippen MR) is 212 cm³/mol. The summed E-state index contributed by atoms with van der Waals surface area (Å²) in [6.45, 7) is 0. The van der Waals surface area contributed by atoms with E-state index in [0.29, 0.717) is 5.56 Å². The molecule has 9 aromatic carbocycles. The summed E-state index contributed by atoms with van der Waals surface area (Å²) in [6.07, 6.45) is -0.484. The topological polar surface area (TPSA) is 13.1 Å². The van der Waals surface area contributed by atoms with E-state index in [9.17, 15) is 5.48 Å². The van der Waals surface area contributed by atoms with Crippen molar-refractivity contribution in [1.29, 1.82) is 0 Å². The van der Waals surface area contributed by atoms with E-state index in [4.69, 9.17) is 16.8 Å². The average molecular weight is 650 g/mol. The van der Waals surface area contributed by atoms with Gasteiger partial charge in [0.1, 0.15) is 11.2 Å². The summed E-state index contributed by atoms with van der Waals surface area (Å²) in [4.78, 5) is 0. The van der Waals surface area contributed by atoms with Crippen LogP contribution in [0.4, 0.5) is 0 Å². The fourth-order valence-corrected chi connectivity index (χ4v) is 7.06. The van der Waals surface area contributed by atoms with Crippen molar-refractivity contribution < 1.29 is 22.2 Å². The number of fused-ring (bicyclic) bond motifs is 6. The van der Waals surface area contributed by atoms with E-state index < -0.39 is 85.0 Å². The molecule has 0 atom stereocenters. The first-order chi connectivity index (χ1) is 30.2. The minimum Gasteiger partial charge on any atom is -0.456 e. The quantitative estimate of drug-likeness (QED) is 0.169. The lowest BCUT2D eigenvalue weighted by atomic mass is 9.86. The molecular formula is C49H32O. The molecule has 1 heterocycles. The van der Waals surface area contributed by atoms with E-state index >= 15 is 0 Å². The molecule has 0 saturated heterocycles. The van der Waals surface area contributed by atoms with E-state index in [1.165, 1.54) is 0 Å². The lowest BCUT2D eigenvalue weighted by Gasteiger charge is -2.18. The Morgan fingerprint density at radius 2 is 0.980 bits per heavy atom. The molecule has 0 radical (unpaired) electrons. The van der Waals surface area contributed by atoms with E-state index in [2.05, 4.69) is 24.3 Å². The maximum atomic E-state index is 9.25. The van der Waals surface area contributed by atoms with Gasteiger partial charge in [0.25, 0.3) is 0 Å². The Morgan fingerprint density at radius 1 is 0.400 bits per heavy atom. The van der Waals surface area contributed by atoms with Crippen LogP contribution in [0, 0.1) is 0 Å². The Bertz CT molecular complexity index is 3520. The summed E-state index contributed by atoms with van der Waals surface area (Å²) < 4.78 is 120. The zero-order valence-corrected chi connectivity index (χ0v) is 26.4. The average Bonchev–Trinajstić information content (AvgIpc) is 3.68. The number of hydrogen-bond donors (Lipinski definition) is 0. The van der Waals surface area contributed by atoms with E-state index in [1.807, 2.05) is 72.8 Å². The molecule has 1 aromatic heterocycles. The molecule has 1 nitrogen and oxygen atoms in total. The second-order valence-corrected chi connectivity index (χ2v) is 12.3. The Kier molecular flexibility index (Phi) is 4.26. The molecule has 0 bridgehead atoms. The maximum Gasteiger partial charge on any atom is 0.136 e. The highest BCUT2D eigenvalue weighted by atomic mass is 16.3. The standard InChI is InChI=1S/C49H32O/c1-3-11-32(12-4-1)27-45-40-15-7-9-17-43(40)49(44-18-10-8-16-41(44)45)39-22-21-34-28-35(19-20-36(34)29-39)38-23-25-42-46-30-37(33-13-5-2-6-14-33)24-26-47(46)50-48(42)31-38/h1-26,28-31H,27H2/i1D,3D,4D,7D,8D,9D,10D,11D,12D,15D,16D,17D,18D. The van der Waals surface area contributed by atoms with E-state index in [1.54, 1.807) is 6.07 Å². The van der Waals surface area contributed by atoms with Crippen molar-refractivity contribution in [3.05, 3.63) is 193 Å². The summed E-state index contributed by atoms with van der Waals surface area (Å²) in [7, 11) is 0. The molecule has 0 saturated carbocycles. The normalized spacial score (nSPS) is 15.3. The molecule has 1 heteroatoms. The van der Waals surface area contributed by atoms with Crippen LogP contribution in [0.2, 0.25) is 0 Å². The van der Waals surface area contributed by atoms with Gasteiger partial charge in [0, 0.05) is 10.8 Å². The second kappa shape index (κ2) is 11.6. The molecule has 0 aliphatic rings. The predicted octanol–water partition coefficient (Wildman–Crippen LogP) is 13.6. The zero-order valence-electron chi connectivity index (χ0n) is 39.4. The van der Waals surface area contributed by atoms with Gasteiger partial charge < -0.3 is 4.42 Å². The highest BCUT2D eigenvalue weighted by Gasteiger charge is 2.16. The van der Waals surface area contributed by atoms with Crippen molar-refractivity contribution >= 4 is 54.3 Å². The molecule has 0 amide bonds. The van der Waals surface area contributed by atoms with Gasteiger partial charge >= 0.3 is 0 Å². The molecule has 50 heavy (non-hydrogen) atoms. The number of hydrogen-bond acceptors (Lipinski definition) is 1. The van der Waals surface area contributed by atoms with Crippen LogP contribution in [-0.2, 0) is 6.42 Å². The lowest BCUT2D eigenvalue weighted by Crippen LogP contribution is -1.95. The molecular weight excluding hydrogens is 605 g/mol. The Labute approximate surface area is 308 Å². The van der Waals surface area contributed by atoms with Crippen molar-refractivity contribution in [2.75, 3.05) is 0 Å². The van der Waals surface area contributed by atoms with Gasteiger partial charge in [-0.3, -0.25) is 0 Å². The molecule has 0 spiro atoms. The summed E-state index contributed by atoms with van der Waals surface area (Å²) in [5.41, 5.74) is 5.95. The molecule has 0 unspecified atom stereocenters. The van der Waals surface area contributed by atoms with Crippen LogP contribution in [-0.4, -0.2) is 0 Å². The maximum absolute atomic E-state index is 9.25. The summed E-state index contributed by atoms with van der Waals surface area (Å²) in [6, 6.07) is 26.7. The first-order valence-electron chi connectivity index (χ1n) is 22.7. The number of furan rings is 1. The minimum atomic E-state index is -0.615. The molecule has 0 N–H and O–H groups in total. The third kappa shape index (κ3) is 4.78. The number of benzene rings is 9. The Balaban J connectivity index is 1.17. The fourth-order valence-electron chi connectivity index (χ4n) is 7.06. The third-order valence-corrected chi connectivity index (χ3v) is 9.42. The highest BCUT2D eigenvalue weighted by Crippen LogP contribution is 2.41. The van der Waals surface area contributed by atoms with Crippen LogP contribution >= 0.6 is 0 Å². The molecule has 0 aliphatic carbocycles. The van der Waals surface area contributed by atoms with Crippen LogP contribution in [0.15, 0.2) is 186 Å². The molecule has 0 fully saturated rings. The van der Waals surface area contributed by atoms with Crippen LogP contribution in [0.25, 0.3) is 87.6 Å². The van der Waals surface area contributed by atoms with Gasteiger partial charge in [0.2, 0.25) is 0 Å². The van der Waals surface area contributed by atoms with Crippen LogP contribution in [0.3, 0.4) is 0 Å². The van der Waals surface area contributed by atoms with Gasteiger partial charge in [0.05, 0.1) is 17.8 Å².